The van der Waals surface area contributed by atoms with Crippen LogP contribution in [-0.2, 0) is 24.2 Å². The Hall–Kier alpha value is -2.01. The number of amides is 1. The molecule has 0 atom stereocenters. The van der Waals surface area contributed by atoms with E-state index in [0.29, 0.717) is 12.1 Å². The lowest BCUT2D eigenvalue weighted by molar-refractivity contribution is -0.116. The lowest BCUT2D eigenvalue weighted by Gasteiger charge is -2.19. The highest BCUT2D eigenvalue weighted by atomic mass is 32.1. The maximum absolute atomic E-state index is 11.4. The van der Waals surface area contributed by atoms with Gasteiger partial charge >= 0.3 is 0 Å². The number of carbonyl (C=O) groups is 1. The van der Waals surface area contributed by atoms with Crippen molar-refractivity contribution in [1.82, 2.24) is 0 Å². The summed E-state index contributed by atoms with van der Waals surface area (Å²) < 4.78 is 0. The van der Waals surface area contributed by atoms with Crippen LogP contribution in [0.25, 0.3) is 0 Å². The predicted octanol–water partition coefficient (Wildman–Crippen LogP) is 3.39. The number of hydrogen-bond acceptors (Lipinski definition) is 4. The van der Waals surface area contributed by atoms with E-state index in [1.807, 2.05) is 6.07 Å². The standard InChI is InChI=1S/C16H19N3OS/c1-2-10-5-6-21-15(10)9-18-14-7-11-3-4-16(20)19-13(11)8-12(14)17/h5-8,18H,2-4,9,17H2,1H3,(H,19,20). The molecule has 3 rings (SSSR count). The van der Waals surface area contributed by atoms with Gasteiger partial charge in [-0.1, -0.05) is 6.92 Å². The van der Waals surface area contributed by atoms with Crippen LogP contribution in [0.15, 0.2) is 23.6 Å². The number of thiophene rings is 1. The first-order valence-electron chi connectivity index (χ1n) is 7.18. The molecule has 1 aromatic carbocycles. The van der Waals surface area contributed by atoms with Gasteiger partial charge in [-0.05, 0) is 47.5 Å². The lowest BCUT2D eigenvalue weighted by Crippen LogP contribution is -2.19. The van der Waals surface area contributed by atoms with Crippen molar-refractivity contribution in [1.29, 1.82) is 0 Å². The van der Waals surface area contributed by atoms with Crippen molar-refractivity contribution in [2.75, 3.05) is 16.4 Å². The van der Waals surface area contributed by atoms with Gasteiger partial charge in [0.1, 0.15) is 0 Å². The van der Waals surface area contributed by atoms with E-state index >= 15 is 0 Å². The van der Waals surface area contributed by atoms with Gasteiger partial charge in [0.15, 0.2) is 0 Å². The summed E-state index contributed by atoms with van der Waals surface area (Å²) in [6.45, 7) is 2.96. The molecule has 0 aliphatic carbocycles. The minimum Gasteiger partial charge on any atom is -0.397 e. The second kappa shape index (κ2) is 5.77. The van der Waals surface area contributed by atoms with Crippen LogP contribution in [0, 0.1) is 0 Å². The zero-order valence-corrected chi connectivity index (χ0v) is 12.8. The van der Waals surface area contributed by atoms with Crippen LogP contribution in [0.2, 0.25) is 0 Å². The molecule has 4 nitrogen and oxygen atoms in total. The third-order valence-electron chi connectivity index (χ3n) is 3.83. The van der Waals surface area contributed by atoms with Crippen molar-refractivity contribution in [3.8, 4) is 0 Å². The van der Waals surface area contributed by atoms with Crippen molar-refractivity contribution >= 4 is 34.3 Å². The minimum absolute atomic E-state index is 0.0637. The second-order valence-corrected chi connectivity index (χ2v) is 6.22. The predicted molar refractivity (Wildman–Crippen MR) is 88.8 cm³/mol. The molecule has 0 spiro atoms. The van der Waals surface area contributed by atoms with E-state index < -0.39 is 0 Å². The number of anilines is 3. The molecular weight excluding hydrogens is 282 g/mol. The van der Waals surface area contributed by atoms with Gasteiger partial charge in [0.05, 0.1) is 11.4 Å². The Bertz CT molecular complexity index is 678. The lowest BCUT2D eigenvalue weighted by atomic mass is 10.0. The number of aryl methyl sites for hydroxylation is 2. The smallest absolute Gasteiger partial charge is 0.224 e. The van der Waals surface area contributed by atoms with Gasteiger partial charge in [-0.15, -0.1) is 11.3 Å². The summed E-state index contributed by atoms with van der Waals surface area (Å²) in [5.41, 5.74) is 11.1. The Morgan fingerprint density at radius 2 is 2.24 bits per heavy atom. The molecular formula is C16H19N3OS. The fraction of sp³-hybridized carbons (Fsp3) is 0.312. The van der Waals surface area contributed by atoms with Crippen molar-refractivity contribution in [3.63, 3.8) is 0 Å². The summed E-state index contributed by atoms with van der Waals surface area (Å²) in [5.74, 6) is 0.0637. The van der Waals surface area contributed by atoms with Gasteiger partial charge in [0, 0.05) is 23.5 Å². The Morgan fingerprint density at radius 3 is 3.05 bits per heavy atom. The summed E-state index contributed by atoms with van der Waals surface area (Å²) in [6.07, 6.45) is 2.36. The maximum atomic E-state index is 11.4. The summed E-state index contributed by atoms with van der Waals surface area (Å²) in [5, 5.41) is 8.42. The fourth-order valence-corrected chi connectivity index (χ4v) is 3.53. The van der Waals surface area contributed by atoms with E-state index in [1.54, 1.807) is 11.3 Å². The zero-order chi connectivity index (χ0) is 14.8. The number of hydrogen-bond donors (Lipinski definition) is 3. The van der Waals surface area contributed by atoms with E-state index in [1.165, 1.54) is 10.4 Å². The molecule has 4 N–H and O–H groups in total. The first-order chi connectivity index (χ1) is 10.2. The molecule has 1 aliphatic heterocycles. The number of fused-ring (bicyclic) bond motifs is 1. The molecule has 1 amide bonds. The molecule has 0 saturated heterocycles. The summed E-state index contributed by atoms with van der Waals surface area (Å²) in [6, 6.07) is 6.08. The molecule has 2 heterocycles. The largest absolute Gasteiger partial charge is 0.397 e. The Balaban J connectivity index is 1.78. The molecule has 0 saturated carbocycles. The monoisotopic (exact) mass is 301 g/mol. The zero-order valence-electron chi connectivity index (χ0n) is 12.0. The highest BCUT2D eigenvalue weighted by molar-refractivity contribution is 7.10. The third-order valence-corrected chi connectivity index (χ3v) is 4.79. The van der Waals surface area contributed by atoms with E-state index in [-0.39, 0.29) is 5.91 Å². The normalized spacial score (nSPS) is 13.7. The fourth-order valence-electron chi connectivity index (χ4n) is 2.61. The van der Waals surface area contributed by atoms with Crippen molar-refractivity contribution in [2.24, 2.45) is 0 Å². The molecule has 110 valence electrons. The van der Waals surface area contributed by atoms with Crippen LogP contribution in [0.1, 0.15) is 29.3 Å². The molecule has 0 fully saturated rings. The minimum atomic E-state index is 0.0637. The van der Waals surface area contributed by atoms with Crippen LogP contribution >= 0.6 is 11.3 Å². The summed E-state index contributed by atoms with van der Waals surface area (Å²) in [4.78, 5) is 12.8. The molecule has 2 aromatic rings. The summed E-state index contributed by atoms with van der Waals surface area (Å²) >= 11 is 1.77. The van der Waals surface area contributed by atoms with E-state index in [4.69, 9.17) is 5.73 Å². The third kappa shape index (κ3) is 2.88. The van der Waals surface area contributed by atoms with E-state index in [2.05, 4.69) is 35.1 Å². The average Bonchev–Trinajstić information content (AvgIpc) is 2.92. The summed E-state index contributed by atoms with van der Waals surface area (Å²) in [7, 11) is 0. The first kappa shape index (κ1) is 13.9. The number of nitrogen functional groups attached to an aromatic ring is 1. The van der Waals surface area contributed by atoms with Gasteiger partial charge in [0.25, 0.3) is 0 Å². The van der Waals surface area contributed by atoms with Crippen LogP contribution in [-0.4, -0.2) is 5.91 Å². The molecule has 5 heteroatoms. The number of nitrogens with one attached hydrogen (secondary N) is 2. The van der Waals surface area contributed by atoms with Crippen LogP contribution < -0.4 is 16.4 Å². The SMILES string of the molecule is CCc1ccsc1CNc1cc2c(cc1N)NC(=O)CC2. The van der Waals surface area contributed by atoms with Crippen molar-refractivity contribution in [3.05, 3.63) is 39.6 Å². The number of carbonyl (C=O) groups excluding carboxylic acids is 1. The number of rotatable bonds is 4. The molecule has 21 heavy (non-hydrogen) atoms. The Labute approximate surface area is 128 Å². The maximum Gasteiger partial charge on any atom is 0.224 e. The second-order valence-electron chi connectivity index (χ2n) is 5.22. The van der Waals surface area contributed by atoms with Crippen LogP contribution in [0.3, 0.4) is 0 Å². The van der Waals surface area contributed by atoms with Gasteiger partial charge in [-0.2, -0.15) is 0 Å². The topological polar surface area (TPSA) is 67.2 Å². The van der Waals surface area contributed by atoms with Gasteiger partial charge < -0.3 is 16.4 Å². The quantitative estimate of drug-likeness (QED) is 0.758. The molecule has 1 aromatic heterocycles. The van der Waals surface area contributed by atoms with Crippen molar-refractivity contribution < 1.29 is 4.79 Å². The van der Waals surface area contributed by atoms with E-state index in [9.17, 15) is 4.79 Å². The highest BCUT2D eigenvalue weighted by Crippen LogP contribution is 2.31. The van der Waals surface area contributed by atoms with E-state index in [0.717, 1.165) is 36.3 Å². The van der Waals surface area contributed by atoms with Crippen molar-refractivity contribution in [2.45, 2.75) is 32.7 Å². The van der Waals surface area contributed by atoms with Gasteiger partial charge in [-0.25, -0.2) is 0 Å². The Kier molecular flexibility index (Phi) is 3.84. The molecule has 0 bridgehead atoms. The number of benzene rings is 1. The Morgan fingerprint density at radius 1 is 1.38 bits per heavy atom. The average molecular weight is 301 g/mol. The first-order valence-corrected chi connectivity index (χ1v) is 8.06. The molecule has 0 radical (unpaired) electrons. The highest BCUT2D eigenvalue weighted by Gasteiger charge is 2.16. The van der Waals surface area contributed by atoms with Crippen LogP contribution in [0.4, 0.5) is 17.1 Å². The molecule has 0 unspecified atom stereocenters. The van der Waals surface area contributed by atoms with Gasteiger partial charge in [0.2, 0.25) is 5.91 Å². The van der Waals surface area contributed by atoms with Crippen LogP contribution in [0.5, 0.6) is 0 Å². The van der Waals surface area contributed by atoms with Gasteiger partial charge in [-0.3, -0.25) is 4.79 Å². The molecule has 1 aliphatic rings. The number of nitrogens with two attached hydrogens (primary N) is 1.